The van der Waals surface area contributed by atoms with E-state index in [1.54, 1.807) is 0 Å². The van der Waals surface area contributed by atoms with Crippen molar-refractivity contribution in [3.05, 3.63) is 12.2 Å². The number of hydrogen-bond acceptors (Lipinski definition) is 1. The average Bonchev–Trinajstić information content (AvgIpc) is 2.14. The Bertz CT molecular complexity index is 76.2. The third-order valence-electron chi connectivity index (χ3n) is 1.31. The second-order valence-corrected chi connectivity index (χ2v) is 1.85. The van der Waals surface area contributed by atoms with Gasteiger partial charge in [0, 0.05) is 12.6 Å². The molecule has 0 saturated heterocycles. The fraction of sp³-hybridized carbons (Fsp3) is 0.667. The molecule has 1 atom stereocenters. The van der Waals surface area contributed by atoms with Gasteiger partial charge < -0.3 is 5.32 Å². The van der Waals surface area contributed by atoms with Crippen LogP contribution in [-0.4, -0.2) is 12.6 Å². The van der Waals surface area contributed by atoms with Gasteiger partial charge in [0.1, 0.15) is 0 Å². The van der Waals surface area contributed by atoms with Crippen molar-refractivity contribution >= 4 is 0 Å². The molecule has 0 aromatic heterocycles. The van der Waals surface area contributed by atoms with E-state index in [0.29, 0.717) is 6.04 Å². The van der Waals surface area contributed by atoms with Gasteiger partial charge in [0.2, 0.25) is 0 Å². The topological polar surface area (TPSA) is 12.0 Å². The summed E-state index contributed by atoms with van der Waals surface area (Å²) in [6, 6.07) is 0.667. The van der Waals surface area contributed by atoms with Crippen LogP contribution in [0, 0.1) is 0 Å². The molecule has 1 aliphatic rings. The highest BCUT2D eigenvalue weighted by molar-refractivity contribution is 5.00. The average molecular weight is 97.2 g/mol. The lowest BCUT2D eigenvalue weighted by molar-refractivity contribution is 0.649. The molecule has 1 aliphatic heterocycles. The summed E-state index contributed by atoms with van der Waals surface area (Å²) in [6.45, 7) is 3.26. The van der Waals surface area contributed by atoms with Crippen LogP contribution >= 0.6 is 0 Å². The molecule has 1 heterocycles. The van der Waals surface area contributed by atoms with Gasteiger partial charge in [-0.15, -0.1) is 0 Å². The van der Waals surface area contributed by atoms with Gasteiger partial charge in [-0.05, 0) is 6.42 Å². The van der Waals surface area contributed by atoms with E-state index in [1.807, 2.05) is 0 Å². The fourth-order valence-electron chi connectivity index (χ4n) is 0.800. The third kappa shape index (κ3) is 1.03. The van der Waals surface area contributed by atoms with Crippen LogP contribution < -0.4 is 5.32 Å². The number of hydrogen-bond donors (Lipinski definition) is 1. The fourth-order valence-corrected chi connectivity index (χ4v) is 0.800. The van der Waals surface area contributed by atoms with Gasteiger partial charge >= 0.3 is 0 Å². The molecule has 0 fully saturated rings. The van der Waals surface area contributed by atoms with Crippen molar-refractivity contribution in [2.75, 3.05) is 6.54 Å². The largest absolute Gasteiger partial charge is 0.307 e. The Balaban J connectivity index is 2.28. The first-order valence-corrected chi connectivity index (χ1v) is 2.83. The van der Waals surface area contributed by atoms with Crippen molar-refractivity contribution in [3.8, 4) is 0 Å². The molecule has 40 valence electrons. The van der Waals surface area contributed by atoms with E-state index in [1.165, 1.54) is 6.42 Å². The van der Waals surface area contributed by atoms with Crippen LogP contribution in [0.15, 0.2) is 12.2 Å². The summed E-state index contributed by atoms with van der Waals surface area (Å²) in [6.07, 6.45) is 5.62. The second kappa shape index (κ2) is 2.12. The molecular formula is C6H11N. The lowest BCUT2D eigenvalue weighted by atomic mass is 10.2. The standard InChI is InChI=1S/C6H11N/c1-2-6-4-3-5-7-6/h3-4,6-7H,2,5H2,1H3/t6-/m0/s1. The number of rotatable bonds is 1. The molecule has 0 spiro atoms. The first-order chi connectivity index (χ1) is 3.43. The molecule has 0 amide bonds. The molecule has 7 heavy (non-hydrogen) atoms. The van der Waals surface area contributed by atoms with Crippen LogP contribution in [-0.2, 0) is 0 Å². The Morgan fingerprint density at radius 2 is 2.71 bits per heavy atom. The highest BCUT2D eigenvalue weighted by atomic mass is 14.9. The molecule has 0 radical (unpaired) electrons. The molecule has 0 unspecified atom stereocenters. The predicted octanol–water partition coefficient (Wildman–Crippen LogP) is 0.924. The normalized spacial score (nSPS) is 29.0. The summed E-state index contributed by atoms with van der Waals surface area (Å²) in [5, 5.41) is 3.30. The Morgan fingerprint density at radius 3 is 3.00 bits per heavy atom. The molecule has 0 aromatic rings. The van der Waals surface area contributed by atoms with E-state index in [2.05, 4.69) is 24.4 Å². The monoisotopic (exact) mass is 97.1 g/mol. The van der Waals surface area contributed by atoms with Gasteiger partial charge in [-0.25, -0.2) is 0 Å². The van der Waals surface area contributed by atoms with Crippen molar-refractivity contribution in [1.29, 1.82) is 0 Å². The van der Waals surface area contributed by atoms with Gasteiger partial charge in [-0.2, -0.15) is 0 Å². The minimum absolute atomic E-state index is 0.667. The van der Waals surface area contributed by atoms with Crippen molar-refractivity contribution in [1.82, 2.24) is 5.32 Å². The maximum atomic E-state index is 3.30. The SMILES string of the molecule is CC[C@H]1C=CCN1. The van der Waals surface area contributed by atoms with E-state index in [0.717, 1.165) is 6.54 Å². The lowest BCUT2D eigenvalue weighted by Crippen LogP contribution is -2.20. The quantitative estimate of drug-likeness (QED) is 0.480. The van der Waals surface area contributed by atoms with Gasteiger partial charge in [-0.1, -0.05) is 19.1 Å². The van der Waals surface area contributed by atoms with E-state index >= 15 is 0 Å². The van der Waals surface area contributed by atoms with Gasteiger partial charge in [0.15, 0.2) is 0 Å². The van der Waals surface area contributed by atoms with E-state index in [-0.39, 0.29) is 0 Å². The second-order valence-electron chi connectivity index (χ2n) is 1.85. The summed E-state index contributed by atoms with van der Waals surface area (Å²) in [5.74, 6) is 0. The molecule has 1 nitrogen and oxygen atoms in total. The summed E-state index contributed by atoms with van der Waals surface area (Å²) in [4.78, 5) is 0. The van der Waals surface area contributed by atoms with Gasteiger partial charge in [0.05, 0.1) is 0 Å². The Kier molecular flexibility index (Phi) is 1.47. The first kappa shape index (κ1) is 4.85. The highest BCUT2D eigenvalue weighted by Crippen LogP contribution is 1.96. The zero-order valence-electron chi connectivity index (χ0n) is 4.65. The smallest absolute Gasteiger partial charge is 0.0250 e. The minimum Gasteiger partial charge on any atom is -0.307 e. The van der Waals surface area contributed by atoms with Gasteiger partial charge in [-0.3, -0.25) is 0 Å². The Morgan fingerprint density at radius 1 is 1.86 bits per heavy atom. The van der Waals surface area contributed by atoms with Crippen molar-refractivity contribution in [2.45, 2.75) is 19.4 Å². The van der Waals surface area contributed by atoms with Crippen LogP contribution in [0.1, 0.15) is 13.3 Å². The van der Waals surface area contributed by atoms with E-state index in [9.17, 15) is 0 Å². The third-order valence-corrected chi connectivity index (χ3v) is 1.31. The molecule has 0 aromatic carbocycles. The summed E-state index contributed by atoms with van der Waals surface area (Å²) in [5.41, 5.74) is 0. The van der Waals surface area contributed by atoms with Crippen molar-refractivity contribution in [2.24, 2.45) is 0 Å². The molecule has 0 bridgehead atoms. The van der Waals surface area contributed by atoms with Crippen LogP contribution in [0.3, 0.4) is 0 Å². The summed E-state index contributed by atoms with van der Waals surface area (Å²) >= 11 is 0. The lowest BCUT2D eigenvalue weighted by Gasteiger charge is -2.01. The van der Waals surface area contributed by atoms with Crippen LogP contribution in [0.25, 0.3) is 0 Å². The predicted molar refractivity (Wildman–Crippen MR) is 31.2 cm³/mol. The van der Waals surface area contributed by atoms with E-state index < -0.39 is 0 Å². The minimum atomic E-state index is 0.667. The molecule has 1 rings (SSSR count). The highest BCUT2D eigenvalue weighted by Gasteiger charge is 2.01. The molecule has 0 saturated carbocycles. The van der Waals surface area contributed by atoms with Crippen LogP contribution in [0.2, 0.25) is 0 Å². The summed E-state index contributed by atoms with van der Waals surface area (Å²) in [7, 11) is 0. The van der Waals surface area contributed by atoms with E-state index in [4.69, 9.17) is 0 Å². The Hall–Kier alpha value is -0.300. The maximum absolute atomic E-state index is 3.30. The summed E-state index contributed by atoms with van der Waals surface area (Å²) < 4.78 is 0. The maximum Gasteiger partial charge on any atom is 0.0250 e. The molecular weight excluding hydrogens is 86.1 g/mol. The van der Waals surface area contributed by atoms with Crippen molar-refractivity contribution < 1.29 is 0 Å². The molecule has 1 N–H and O–H groups in total. The molecule has 0 aliphatic carbocycles. The molecule has 1 heteroatoms. The van der Waals surface area contributed by atoms with Crippen molar-refractivity contribution in [3.63, 3.8) is 0 Å². The first-order valence-electron chi connectivity index (χ1n) is 2.83. The zero-order chi connectivity index (χ0) is 5.11. The Labute approximate surface area is 44.4 Å². The zero-order valence-corrected chi connectivity index (χ0v) is 4.65. The number of nitrogens with one attached hydrogen (secondary N) is 1. The van der Waals surface area contributed by atoms with Crippen LogP contribution in [0.4, 0.5) is 0 Å². The van der Waals surface area contributed by atoms with Crippen LogP contribution in [0.5, 0.6) is 0 Å². The van der Waals surface area contributed by atoms with Gasteiger partial charge in [0.25, 0.3) is 0 Å².